The molecule has 1 heterocycles. The third-order valence-electron chi connectivity index (χ3n) is 3.03. The van der Waals surface area contributed by atoms with Crippen LogP contribution in [0.2, 0.25) is 0 Å². The van der Waals surface area contributed by atoms with E-state index < -0.39 is 0 Å². The minimum atomic E-state index is -0.0706. The topological polar surface area (TPSA) is 73.4 Å². The van der Waals surface area contributed by atoms with Crippen LogP contribution in [0.15, 0.2) is 0 Å². The normalized spacial score (nSPS) is 18.0. The highest BCUT2D eigenvalue weighted by molar-refractivity contribution is 5.80. The Morgan fingerprint density at radius 1 is 1.44 bits per heavy atom. The summed E-state index contributed by atoms with van der Waals surface area (Å²) in [6, 6.07) is 0.0628. The molecule has 1 aliphatic rings. The summed E-state index contributed by atoms with van der Waals surface area (Å²) >= 11 is 0. The van der Waals surface area contributed by atoms with Gasteiger partial charge in [-0.05, 0) is 19.3 Å². The lowest BCUT2D eigenvalue weighted by molar-refractivity contribution is 0.150. The second kappa shape index (κ2) is 5.72. The summed E-state index contributed by atoms with van der Waals surface area (Å²) in [5.74, 6) is 0.0667. The quantitative estimate of drug-likeness (QED) is 0.558. The second-order valence-electron chi connectivity index (χ2n) is 4.57. The molecule has 1 saturated heterocycles. The number of piperidine rings is 1. The minimum absolute atomic E-state index is 0.0628. The van der Waals surface area contributed by atoms with Gasteiger partial charge in [-0.2, -0.15) is 0 Å². The van der Waals surface area contributed by atoms with E-state index in [4.69, 9.17) is 11.1 Å². The summed E-state index contributed by atoms with van der Waals surface area (Å²) in [4.78, 5) is 15.5. The molecule has 1 atom stereocenters. The van der Waals surface area contributed by atoms with E-state index in [-0.39, 0.29) is 17.8 Å². The van der Waals surface area contributed by atoms with Gasteiger partial charge in [0, 0.05) is 32.6 Å². The van der Waals surface area contributed by atoms with Gasteiger partial charge in [-0.3, -0.25) is 5.41 Å². The molecule has 1 rings (SSSR count). The molecule has 0 saturated carbocycles. The smallest absolute Gasteiger partial charge is 0.319 e. The average molecular weight is 226 g/mol. The zero-order chi connectivity index (χ0) is 12.1. The first-order valence-electron chi connectivity index (χ1n) is 5.86. The van der Waals surface area contributed by atoms with Crippen LogP contribution >= 0.6 is 0 Å². The monoisotopic (exact) mass is 226 g/mol. The number of nitrogens with zero attached hydrogens (tertiary/aromatic N) is 2. The number of carbonyl (C=O) groups excluding carboxylic acids is 1. The van der Waals surface area contributed by atoms with Crippen molar-refractivity contribution in [3.05, 3.63) is 0 Å². The van der Waals surface area contributed by atoms with Gasteiger partial charge in [0.05, 0.1) is 5.84 Å². The third kappa shape index (κ3) is 3.40. The lowest BCUT2D eigenvalue weighted by atomic mass is 10.1. The first-order valence-corrected chi connectivity index (χ1v) is 5.86. The fourth-order valence-corrected chi connectivity index (χ4v) is 1.91. The maximum atomic E-state index is 12.0. The van der Waals surface area contributed by atoms with E-state index in [9.17, 15) is 4.79 Å². The summed E-state index contributed by atoms with van der Waals surface area (Å²) in [5, 5.41) is 7.31. The van der Waals surface area contributed by atoms with E-state index in [2.05, 4.69) is 0 Å². The Hall–Kier alpha value is -1.26. The lowest BCUT2D eigenvalue weighted by Crippen LogP contribution is -2.46. The van der Waals surface area contributed by atoms with E-state index >= 15 is 0 Å². The van der Waals surface area contributed by atoms with Gasteiger partial charge in [0.15, 0.2) is 0 Å². The summed E-state index contributed by atoms with van der Waals surface area (Å²) in [7, 11) is 1.77. The SMILES string of the molecule is CC(CN(C)C(=O)N1CCCCC1)C(=N)N. The molecule has 0 radical (unpaired) electrons. The molecule has 0 aromatic rings. The van der Waals surface area contributed by atoms with Crippen molar-refractivity contribution in [2.24, 2.45) is 11.7 Å². The molecule has 16 heavy (non-hydrogen) atoms. The average Bonchev–Trinajstić information content (AvgIpc) is 2.28. The van der Waals surface area contributed by atoms with Gasteiger partial charge in [0.25, 0.3) is 0 Å². The highest BCUT2D eigenvalue weighted by Crippen LogP contribution is 2.11. The Kier molecular flexibility index (Phi) is 4.58. The number of rotatable bonds is 3. The van der Waals surface area contributed by atoms with E-state index in [1.54, 1.807) is 11.9 Å². The van der Waals surface area contributed by atoms with Gasteiger partial charge in [-0.1, -0.05) is 6.92 Å². The number of nitrogens with two attached hydrogens (primary N) is 1. The van der Waals surface area contributed by atoms with Crippen LogP contribution in [-0.2, 0) is 0 Å². The zero-order valence-corrected chi connectivity index (χ0v) is 10.2. The van der Waals surface area contributed by atoms with Crippen LogP contribution in [0, 0.1) is 11.3 Å². The van der Waals surface area contributed by atoms with Crippen LogP contribution in [0.3, 0.4) is 0 Å². The van der Waals surface area contributed by atoms with Crippen molar-refractivity contribution < 1.29 is 4.79 Å². The second-order valence-corrected chi connectivity index (χ2v) is 4.57. The van der Waals surface area contributed by atoms with Crippen molar-refractivity contribution in [3.63, 3.8) is 0 Å². The summed E-state index contributed by atoms with van der Waals surface area (Å²) in [5.41, 5.74) is 5.39. The predicted molar refractivity (Wildman–Crippen MR) is 64.5 cm³/mol. The summed E-state index contributed by atoms with van der Waals surface area (Å²) < 4.78 is 0. The molecule has 5 nitrogen and oxygen atoms in total. The largest absolute Gasteiger partial charge is 0.387 e. The lowest BCUT2D eigenvalue weighted by Gasteiger charge is -2.32. The molecule has 0 aliphatic carbocycles. The van der Waals surface area contributed by atoms with Gasteiger partial charge >= 0.3 is 6.03 Å². The minimum Gasteiger partial charge on any atom is -0.387 e. The number of amidine groups is 1. The molecule has 0 aromatic carbocycles. The molecule has 5 heteroatoms. The summed E-state index contributed by atoms with van der Waals surface area (Å²) in [6.45, 7) is 4.10. The van der Waals surface area contributed by atoms with E-state index in [1.165, 1.54) is 6.42 Å². The van der Waals surface area contributed by atoms with Gasteiger partial charge in [-0.15, -0.1) is 0 Å². The van der Waals surface area contributed by atoms with Gasteiger partial charge in [0.2, 0.25) is 0 Å². The maximum absolute atomic E-state index is 12.0. The van der Waals surface area contributed by atoms with Crippen LogP contribution in [0.4, 0.5) is 4.79 Å². The number of urea groups is 1. The Bertz CT molecular complexity index is 261. The Morgan fingerprint density at radius 2 is 2.00 bits per heavy atom. The number of carbonyl (C=O) groups is 1. The molecular formula is C11H22N4O. The molecule has 3 N–H and O–H groups in total. The molecule has 1 unspecified atom stereocenters. The first kappa shape index (κ1) is 12.8. The van der Waals surface area contributed by atoms with Crippen LogP contribution in [0.5, 0.6) is 0 Å². The van der Waals surface area contributed by atoms with Crippen LogP contribution < -0.4 is 5.73 Å². The maximum Gasteiger partial charge on any atom is 0.319 e. The molecule has 1 aliphatic heterocycles. The predicted octanol–water partition coefficient (Wildman–Crippen LogP) is 1.10. The fraction of sp³-hybridized carbons (Fsp3) is 0.818. The fourth-order valence-electron chi connectivity index (χ4n) is 1.91. The van der Waals surface area contributed by atoms with E-state index in [0.29, 0.717) is 6.54 Å². The molecule has 92 valence electrons. The molecule has 0 bridgehead atoms. The number of nitrogens with one attached hydrogen (secondary N) is 1. The standard InChI is InChI=1S/C11H22N4O/c1-9(10(12)13)8-14(2)11(16)15-6-4-3-5-7-15/h9H,3-8H2,1-2H3,(H3,12,13). The molecule has 2 amide bonds. The van der Waals surface area contributed by atoms with Gasteiger partial charge in [0.1, 0.15) is 0 Å². The van der Waals surface area contributed by atoms with E-state index in [0.717, 1.165) is 25.9 Å². The number of likely N-dealkylation sites (tertiary alicyclic amines) is 1. The van der Waals surface area contributed by atoms with Crippen molar-refractivity contribution in [2.75, 3.05) is 26.7 Å². The first-order chi connectivity index (χ1) is 7.52. The van der Waals surface area contributed by atoms with Crippen molar-refractivity contribution in [3.8, 4) is 0 Å². The van der Waals surface area contributed by atoms with Crippen molar-refractivity contribution >= 4 is 11.9 Å². The molecular weight excluding hydrogens is 204 g/mol. The van der Waals surface area contributed by atoms with Gasteiger partial charge < -0.3 is 15.5 Å². The highest BCUT2D eigenvalue weighted by Gasteiger charge is 2.21. The zero-order valence-electron chi connectivity index (χ0n) is 10.2. The number of hydrogen-bond acceptors (Lipinski definition) is 2. The molecule has 1 fully saturated rings. The molecule has 0 aromatic heterocycles. The van der Waals surface area contributed by atoms with Gasteiger partial charge in [-0.25, -0.2) is 4.79 Å². The Morgan fingerprint density at radius 3 is 2.50 bits per heavy atom. The third-order valence-corrected chi connectivity index (χ3v) is 3.03. The van der Waals surface area contributed by atoms with Crippen molar-refractivity contribution in [2.45, 2.75) is 26.2 Å². The van der Waals surface area contributed by atoms with Crippen LogP contribution in [0.25, 0.3) is 0 Å². The molecule has 0 spiro atoms. The van der Waals surface area contributed by atoms with Crippen LogP contribution in [0.1, 0.15) is 26.2 Å². The van der Waals surface area contributed by atoms with Crippen LogP contribution in [-0.4, -0.2) is 48.3 Å². The Labute approximate surface area is 97.1 Å². The Balaban J connectivity index is 2.43. The number of amides is 2. The van der Waals surface area contributed by atoms with E-state index in [1.807, 2.05) is 11.8 Å². The number of hydrogen-bond donors (Lipinski definition) is 2. The van der Waals surface area contributed by atoms with Crippen molar-refractivity contribution in [1.82, 2.24) is 9.80 Å². The van der Waals surface area contributed by atoms with Crippen molar-refractivity contribution in [1.29, 1.82) is 5.41 Å². The highest BCUT2D eigenvalue weighted by atomic mass is 16.2. The summed E-state index contributed by atoms with van der Waals surface area (Å²) in [6.07, 6.45) is 3.42.